The van der Waals surface area contributed by atoms with E-state index in [0.717, 1.165) is 0 Å². The molecule has 1 aromatic carbocycles. The van der Waals surface area contributed by atoms with Gasteiger partial charge in [-0.2, -0.15) is 0 Å². The molecule has 0 aliphatic heterocycles. The fourth-order valence-corrected chi connectivity index (χ4v) is 1.57. The Balaban J connectivity index is 2.51. The van der Waals surface area contributed by atoms with E-state index in [-0.39, 0.29) is 5.91 Å². The Bertz CT molecular complexity index is 365. The summed E-state index contributed by atoms with van der Waals surface area (Å²) in [6.45, 7) is 0.297. The second-order valence-electron chi connectivity index (χ2n) is 3.39. The van der Waals surface area contributed by atoms with Crippen LogP contribution >= 0.6 is 15.9 Å². The monoisotopic (exact) mass is 317 g/mol. The first-order valence-electron chi connectivity index (χ1n) is 5.34. The SMILES string of the molecule is COC(CNC(=O)c1ccc(OCBr)cc1)OC. The molecule has 0 radical (unpaired) electrons. The van der Waals surface area contributed by atoms with E-state index in [1.165, 1.54) is 14.2 Å². The van der Waals surface area contributed by atoms with Gasteiger partial charge in [0, 0.05) is 19.8 Å². The Labute approximate surface area is 115 Å². The topological polar surface area (TPSA) is 56.8 Å². The van der Waals surface area contributed by atoms with Crippen molar-refractivity contribution in [2.45, 2.75) is 6.29 Å². The third-order valence-corrected chi connectivity index (χ3v) is 2.52. The maximum absolute atomic E-state index is 11.8. The van der Waals surface area contributed by atoms with Crippen LogP contribution in [-0.4, -0.2) is 38.5 Å². The van der Waals surface area contributed by atoms with Crippen LogP contribution in [0.25, 0.3) is 0 Å². The quantitative estimate of drug-likeness (QED) is 0.615. The van der Waals surface area contributed by atoms with E-state index in [9.17, 15) is 4.79 Å². The zero-order chi connectivity index (χ0) is 13.4. The number of nitrogens with one attached hydrogen (secondary N) is 1. The van der Waals surface area contributed by atoms with E-state index in [4.69, 9.17) is 14.2 Å². The predicted molar refractivity (Wildman–Crippen MR) is 71.0 cm³/mol. The fraction of sp³-hybridized carbons (Fsp3) is 0.417. The molecule has 18 heavy (non-hydrogen) atoms. The van der Waals surface area contributed by atoms with Crippen molar-refractivity contribution >= 4 is 21.8 Å². The van der Waals surface area contributed by atoms with Crippen LogP contribution in [0.1, 0.15) is 10.4 Å². The van der Waals surface area contributed by atoms with Gasteiger partial charge in [-0.05, 0) is 40.2 Å². The van der Waals surface area contributed by atoms with Gasteiger partial charge in [0.15, 0.2) is 6.29 Å². The summed E-state index contributed by atoms with van der Waals surface area (Å²) in [5.74, 6) is 0.523. The van der Waals surface area contributed by atoms with Crippen LogP contribution in [0.4, 0.5) is 0 Å². The number of halogens is 1. The third kappa shape index (κ3) is 4.64. The highest BCUT2D eigenvalue weighted by Crippen LogP contribution is 2.12. The second-order valence-corrected chi connectivity index (χ2v) is 3.85. The van der Waals surface area contributed by atoms with Gasteiger partial charge in [-0.3, -0.25) is 4.79 Å². The van der Waals surface area contributed by atoms with Crippen molar-refractivity contribution in [1.29, 1.82) is 0 Å². The van der Waals surface area contributed by atoms with Gasteiger partial charge in [-0.15, -0.1) is 0 Å². The highest BCUT2D eigenvalue weighted by Gasteiger charge is 2.09. The first kappa shape index (κ1) is 14.9. The average Bonchev–Trinajstić information content (AvgIpc) is 2.41. The lowest BCUT2D eigenvalue weighted by atomic mass is 10.2. The number of benzene rings is 1. The molecule has 0 heterocycles. The normalized spacial score (nSPS) is 10.4. The smallest absolute Gasteiger partial charge is 0.251 e. The summed E-state index contributed by atoms with van der Waals surface area (Å²) < 4.78 is 15.2. The Hall–Kier alpha value is -1.11. The van der Waals surface area contributed by atoms with Gasteiger partial charge in [0.25, 0.3) is 5.91 Å². The van der Waals surface area contributed by atoms with Gasteiger partial charge in [0.2, 0.25) is 0 Å². The molecule has 5 nitrogen and oxygen atoms in total. The molecule has 1 aromatic rings. The third-order valence-electron chi connectivity index (χ3n) is 2.29. The molecule has 1 amide bonds. The van der Waals surface area contributed by atoms with Crippen molar-refractivity contribution in [2.24, 2.45) is 0 Å². The van der Waals surface area contributed by atoms with Gasteiger partial charge in [0.1, 0.15) is 11.3 Å². The summed E-state index contributed by atoms with van der Waals surface area (Å²) in [4.78, 5) is 11.8. The van der Waals surface area contributed by atoms with Crippen LogP contribution in [0.3, 0.4) is 0 Å². The Morgan fingerprint density at radius 2 is 1.89 bits per heavy atom. The van der Waals surface area contributed by atoms with Crippen molar-refractivity contribution in [3.63, 3.8) is 0 Å². The molecular weight excluding hydrogens is 302 g/mol. The minimum absolute atomic E-state index is 0.181. The van der Waals surface area contributed by atoms with Gasteiger partial charge >= 0.3 is 0 Å². The standard InChI is InChI=1S/C12H16BrNO4/c1-16-11(17-2)7-14-12(15)9-3-5-10(6-4-9)18-8-13/h3-6,11H,7-8H2,1-2H3,(H,14,15). The van der Waals surface area contributed by atoms with Crippen LogP contribution < -0.4 is 10.1 Å². The maximum atomic E-state index is 11.8. The summed E-state index contributed by atoms with van der Waals surface area (Å²) in [7, 11) is 3.04. The minimum atomic E-state index is -0.440. The molecular formula is C12H16BrNO4. The van der Waals surface area contributed by atoms with E-state index >= 15 is 0 Å². The van der Waals surface area contributed by atoms with E-state index in [1.807, 2.05) is 0 Å². The fourth-order valence-electron chi connectivity index (χ4n) is 1.31. The Kier molecular flexibility index (Phi) is 6.70. The van der Waals surface area contributed by atoms with Crippen LogP contribution in [0.5, 0.6) is 5.75 Å². The average molecular weight is 318 g/mol. The number of hydrogen-bond acceptors (Lipinski definition) is 4. The molecule has 1 N–H and O–H groups in total. The van der Waals surface area contributed by atoms with Gasteiger partial charge in [-0.25, -0.2) is 0 Å². The molecule has 100 valence electrons. The molecule has 0 spiro atoms. The maximum Gasteiger partial charge on any atom is 0.251 e. The summed E-state index contributed by atoms with van der Waals surface area (Å²) in [5.41, 5.74) is 0.977. The minimum Gasteiger partial charge on any atom is -0.482 e. The molecule has 0 saturated heterocycles. The van der Waals surface area contributed by atoms with Crippen molar-refractivity contribution < 1.29 is 19.0 Å². The Morgan fingerprint density at radius 1 is 1.28 bits per heavy atom. The van der Waals surface area contributed by atoms with Crippen LogP contribution in [0, 0.1) is 0 Å². The number of rotatable bonds is 7. The highest BCUT2D eigenvalue weighted by molar-refractivity contribution is 9.09. The number of methoxy groups -OCH3 is 2. The molecule has 0 atom stereocenters. The molecule has 0 aromatic heterocycles. The first-order valence-corrected chi connectivity index (χ1v) is 6.46. The summed E-state index contributed by atoms with van der Waals surface area (Å²) >= 11 is 3.16. The van der Waals surface area contributed by atoms with Gasteiger partial charge < -0.3 is 19.5 Å². The van der Waals surface area contributed by atoms with Crippen molar-refractivity contribution in [1.82, 2.24) is 5.32 Å². The Morgan fingerprint density at radius 3 is 2.39 bits per heavy atom. The first-order chi connectivity index (χ1) is 8.71. The number of hydrogen-bond donors (Lipinski definition) is 1. The van der Waals surface area contributed by atoms with Crippen molar-refractivity contribution in [3.8, 4) is 5.75 Å². The van der Waals surface area contributed by atoms with Crippen LogP contribution in [0.2, 0.25) is 0 Å². The molecule has 0 aliphatic rings. The number of alkyl halides is 1. The number of amides is 1. The molecule has 0 unspecified atom stereocenters. The molecule has 6 heteroatoms. The predicted octanol–water partition coefficient (Wildman–Crippen LogP) is 1.77. The number of carbonyl (C=O) groups is 1. The van der Waals surface area contributed by atoms with Crippen molar-refractivity contribution in [3.05, 3.63) is 29.8 Å². The van der Waals surface area contributed by atoms with Crippen molar-refractivity contribution in [2.75, 3.05) is 26.3 Å². The molecule has 1 rings (SSSR count). The second kappa shape index (κ2) is 8.07. The summed E-state index contributed by atoms with van der Waals surface area (Å²) in [6.07, 6.45) is -0.440. The number of ether oxygens (including phenoxy) is 3. The number of carbonyl (C=O) groups excluding carboxylic acids is 1. The lowest BCUT2D eigenvalue weighted by Gasteiger charge is -2.14. The lowest BCUT2D eigenvalue weighted by molar-refractivity contribution is -0.0974. The molecule has 0 aliphatic carbocycles. The zero-order valence-electron chi connectivity index (χ0n) is 10.3. The van der Waals surface area contributed by atoms with Crippen LogP contribution in [0.15, 0.2) is 24.3 Å². The highest BCUT2D eigenvalue weighted by atomic mass is 79.9. The van der Waals surface area contributed by atoms with Gasteiger partial charge in [0.05, 0.1) is 6.54 Å². The lowest BCUT2D eigenvalue weighted by Crippen LogP contribution is -2.34. The van der Waals surface area contributed by atoms with E-state index in [0.29, 0.717) is 23.4 Å². The molecule has 0 fully saturated rings. The zero-order valence-corrected chi connectivity index (χ0v) is 11.9. The summed E-state index contributed by atoms with van der Waals surface area (Å²) in [6, 6.07) is 6.87. The molecule has 0 bridgehead atoms. The molecule has 0 saturated carbocycles. The van der Waals surface area contributed by atoms with E-state index in [1.54, 1.807) is 24.3 Å². The summed E-state index contributed by atoms with van der Waals surface area (Å²) in [5, 5.41) is 2.71. The van der Waals surface area contributed by atoms with Gasteiger partial charge in [-0.1, -0.05) is 0 Å². The van der Waals surface area contributed by atoms with Crippen LogP contribution in [-0.2, 0) is 9.47 Å². The van der Waals surface area contributed by atoms with E-state index in [2.05, 4.69) is 21.2 Å². The largest absolute Gasteiger partial charge is 0.482 e. The van der Waals surface area contributed by atoms with E-state index < -0.39 is 6.29 Å².